The van der Waals surface area contributed by atoms with Crippen molar-refractivity contribution >= 4 is 52.8 Å². The summed E-state index contributed by atoms with van der Waals surface area (Å²) in [6.07, 6.45) is -4.39. The zero-order valence-corrected chi connectivity index (χ0v) is 44.9. The third-order valence-electron chi connectivity index (χ3n) is 10.3. The third-order valence-corrected chi connectivity index (χ3v) is 10.3. The van der Waals surface area contributed by atoms with E-state index in [4.69, 9.17) is 71.1 Å². The molecule has 1 aliphatic rings. The lowest BCUT2D eigenvalue weighted by Gasteiger charge is -2.40. The summed E-state index contributed by atoms with van der Waals surface area (Å²) < 4.78 is 83.9. The maximum absolute atomic E-state index is 13.3. The van der Waals surface area contributed by atoms with Crippen molar-refractivity contribution in [3.63, 3.8) is 0 Å². The second-order valence-electron chi connectivity index (χ2n) is 17.9. The van der Waals surface area contributed by atoms with Crippen LogP contribution in [0.2, 0.25) is 0 Å². The number of amides is 2. The molecular weight excluding hydrogens is 1010 g/mol. The van der Waals surface area contributed by atoms with Gasteiger partial charge in [0.05, 0.1) is 130 Å². The molecule has 1 fully saturated rings. The minimum absolute atomic E-state index is 0.0261. The van der Waals surface area contributed by atoms with E-state index in [1.54, 1.807) is 51.1 Å². The maximum atomic E-state index is 13.3. The van der Waals surface area contributed by atoms with Gasteiger partial charge in [-0.3, -0.25) is 24.0 Å². The van der Waals surface area contributed by atoms with Crippen molar-refractivity contribution in [2.75, 3.05) is 124 Å². The zero-order chi connectivity index (χ0) is 55.7. The van der Waals surface area contributed by atoms with Gasteiger partial charge in [0, 0.05) is 32.7 Å². The smallest absolute Gasteiger partial charge is 0.407 e. The minimum Gasteiger partial charge on any atom is -0.486 e. The summed E-state index contributed by atoms with van der Waals surface area (Å²) in [4.78, 5) is 77.2. The molecule has 0 radical (unpaired) electrons. The van der Waals surface area contributed by atoms with Gasteiger partial charge in [0.1, 0.15) is 48.2 Å². The van der Waals surface area contributed by atoms with Gasteiger partial charge in [-0.1, -0.05) is 24.3 Å². The van der Waals surface area contributed by atoms with Gasteiger partial charge in [0.2, 0.25) is 12.2 Å². The molecule has 1 aromatic heterocycles. The van der Waals surface area contributed by atoms with Gasteiger partial charge >= 0.3 is 24.0 Å². The van der Waals surface area contributed by atoms with Crippen LogP contribution in [0.5, 0.6) is 11.5 Å². The van der Waals surface area contributed by atoms with Crippen molar-refractivity contribution in [1.82, 2.24) is 10.3 Å². The van der Waals surface area contributed by atoms with E-state index < -0.39 is 60.1 Å². The van der Waals surface area contributed by atoms with Crippen molar-refractivity contribution in [3.05, 3.63) is 59.8 Å². The van der Waals surface area contributed by atoms with E-state index in [-0.39, 0.29) is 68.8 Å². The molecule has 428 valence electrons. The molecule has 1 saturated heterocycles. The summed E-state index contributed by atoms with van der Waals surface area (Å²) in [7, 11) is 0. The Morgan fingerprint density at radius 2 is 1.23 bits per heavy atom. The lowest BCUT2D eigenvalue weighted by atomic mass is 10.0. The van der Waals surface area contributed by atoms with Gasteiger partial charge in [0.25, 0.3) is 0 Å². The van der Waals surface area contributed by atoms with Crippen molar-refractivity contribution in [3.8, 4) is 11.5 Å². The number of pyridine rings is 1. The summed E-state index contributed by atoms with van der Waals surface area (Å²) in [5, 5.41) is 6.25. The van der Waals surface area contributed by atoms with Crippen molar-refractivity contribution in [2.24, 2.45) is 0 Å². The number of carbonyl (C=O) groups is 6. The van der Waals surface area contributed by atoms with E-state index in [0.29, 0.717) is 110 Å². The highest BCUT2D eigenvalue weighted by atomic mass is 16.7. The number of aromatic nitrogens is 1. The average molecular weight is 1090 g/mol. The number of nitrogens with zero attached hydrogens (tertiary/aromatic N) is 1. The topological polar surface area (TPSA) is 278 Å². The summed E-state index contributed by atoms with van der Waals surface area (Å²) in [6.45, 7) is 14.7. The molecule has 0 bridgehead atoms. The highest BCUT2D eigenvalue weighted by Gasteiger charge is 2.45. The Morgan fingerprint density at radius 3 is 1.78 bits per heavy atom. The number of para-hydroxylation sites is 1. The lowest BCUT2D eigenvalue weighted by molar-refractivity contribution is -0.245. The number of fused-ring (bicyclic) bond motifs is 1. The fourth-order valence-electron chi connectivity index (χ4n) is 7.01. The van der Waals surface area contributed by atoms with Crippen molar-refractivity contribution in [2.45, 2.75) is 91.2 Å². The second kappa shape index (κ2) is 36.1. The number of anilines is 1. The first-order chi connectivity index (χ1) is 37.1. The minimum atomic E-state index is -1.14. The largest absolute Gasteiger partial charge is 0.486 e. The number of nitrogens with one attached hydrogen (secondary N) is 2. The lowest BCUT2D eigenvalue weighted by Crippen LogP contribution is -2.54. The van der Waals surface area contributed by atoms with Gasteiger partial charge in [-0.05, 0) is 50.6 Å². The fourth-order valence-corrected chi connectivity index (χ4v) is 7.01. The second-order valence-corrected chi connectivity index (χ2v) is 17.9. The molecule has 3 aromatic rings. The SMILES string of the molecule is CC(=O)OCC1OC(Oc2ccc(COc3cc4ccccc4nc3C=O)cc2NC(=O)CCOCCOCCOCCOCCOCCOCCOCCOCCNC(=O)OC(C)(C)C)CC(OC(C)=O)C1OC(C)=O. The predicted molar refractivity (Wildman–Crippen MR) is 274 cm³/mol. The van der Waals surface area contributed by atoms with E-state index in [1.165, 1.54) is 20.8 Å². The molecule has 2 aromatic carbocycles. The van der Waals surface area contributed by atoms with Crippen LogP contribution in [0.1, 0.15) is 70.4 Å². The fraction of sp³-hybridized carbons (Fsp3) is 0.604. The molecule has 0 aliphatic carbocycles. The van der Waals surface area contributed by atoms with E-state index in [0.717, 1.165) is 5.39 Å². The molecular formula is C53H75N3O21. The highest BCUT2D eigenvalue weighted by molar-refractivity contribution is 5.92. The Labute approximate surface area is 448 Å². The zero-order valence-electron chi connectivity index (χ0n) is 44.9. The number of esters is 3. The Bertz CT molecular complexity index is 2260. The number of rotatable bonds is 38. The van der Waals surface area contributed by atoms with E-state index in [2.05, 4.69) is 15.6 Å². The Hall–Kier alpha value is -6.09. The van der Waals surface area contributed by atoms with Gasteiger partial charge in [0.15, 0.2) is 12.4 Å². The van der Waals surface area contributed by atoms with Crippen LogP contribution in [-0.4, -0.2) is 190 Å². The van der Waals surface area contributed by atoms with Crippen LogP contribution in [-0.2, 0) is 87.4 Å². The highest BCUT2D eigenvalue weighted by Crippen LogP contribution is 2.33. The molecule has 0 saturated carbocycles. The normalized spacial score (nSPS) is 16.3. The molecule has 4 atom stereocenters. The molecule has 0 spiro atoms. The Kier molecular flexibility index (Phi) is 29.7. The molecule has 24 heteroatoms. The molecule has 2 amide bonds. The van der Waals surface area contributed by atoms with Crippen LogP contribution in [0, 0.1) is 0 Å². The summed E-state index contributed by atoms with van der Waals surface area (Å²) in [6, 6.07) is 13.9. The first kappa shape index (κ1) is 63.4. The van der Waals surface area contributed by atoms with E-state index in [9.17, 15) is 28.8 Å². The van der Waals surface area contributed by atoms with Crippen LogP contribution in [0.25, 0.3) is 10.9 Å². The number of benzene rings is 2. The summed E-state index contributed by atoms with van der Waals surface area (Å²) >= 11 is 0. The number of carbonyl (C=O) groups excluding carboxylic acids is 6. The molecule has 2 heterocycles. The maximum Gasteiger partial charge on any atom is 0.407 e. The standard InChI is InChI=1S/C53H75N3O21/c1-37(58)71-36-48-51(74-39(3)60)47(73-38(2)59)33-50(76-48)75-45-12-11-40(35-72-46-32-41-9-7-8-10-42(41)55-44(46)34-57)31-43(45)56-49(61)13-15-63-17-19-65-21-23-67-25-27-69-29-30-70-28-26-68-24-22-66-20-18-64-16-14-54-52(62)77-53(4,5)6/h7-12,31-32,34,47-48,50-51H,13-30,33,35-36H2,1-6H3,(H,54,62)(H,56,61). The van der Waals surface area contributed by atoms with Crippen LogP contribution in [0.3, 0.4) is 0 Å². The first-order valence-corrected chi connectivity index (χ1v) is 25.4. The molecule has 77 heavy (non-hydrogen) atoms. The number of hydrogen-bond acceptors (Lipinski definition) is 22. The molecule has 4 rings (SSSR count). The quantitative estimate of drug-likeness (QED) is 0.0345. The van der Waals surface area contributed by atoms with Crippen LogP contribution >= 0.6 is 0 Å². The monoisotopic (exact) mass is 1090 g/mol. The van der Waals surface area contributed by atoms with Gasteiger partial charge in [-0.25, -0.2) is 9.78 Å². The number of aldehydes is 1. The van der Waals surface area contributed by atoms with Gasteiger partial charge in [-0.15, -0.1) is 0 Å². The molecule has 4 unspecified atom stereocenters. The molecule has 1 aliphatic heterocycles. The number of alkyl carbamates (subject to hydrolysis) is 1. The van der Waals surface area contributed by atoms with Crippen LogP contribution in [0.15, 0.2) is 48.5 Å². The van der Waals surface area contributed by atoms with Crippen molar-refractivity contribution < 1.29 is 99.8 Å². The Balaban J connectivity index is 1.11. The predicted octanol–water partition coefficient (Wildman–Crippen LogP) is 4.53. The van der Waals surface area contributed by atoms with Gasteiger partial charge < -0.3 is 81.7 Å². The first-order valence-electron chi connectivity index (χ1n) is 25.4. The summed E-state index contributed by atoms with van der Waals surface area (Å²) in [5.74, 6) is -1.94. The molecule has 2 N–H and O–H groups in total. The van der Waals surface area contributed by atoms with E-state index in [1.807, 2.05) is 18.2 Å². The van der Waals surface area contributed by atoms with Crippen LogP contribution < -0.4 is 20.1 Å². The molecule has 24 nitrogen and oxygen atoms in total. The number of ether oxygens (including phenoxy) is 15. The van der Waals surface area contributed by atoms with Crippen LogP contribution in [0.4, 0.5) is 10.5 Å². The van der Waals surface area contributed by atoms with Gasteiger partial charge in [-0.2, -0.15) is 0 Å². The third kappa shape index (κ3) is 27.2. The van der Waals surface area contributed by atoms with E-state index >= 15 is 0 Å². The Morgan fingerprint density at radius 1 is 0.675 bits per heavy atom. The average Bonchev–Trinajstić information content (AvgIpc) is 3.37. The summed E-state index contributed by atoms with van der Waals surface area (Å²) in [5.41, 5.74) is 1.01. The number of hydrogen-bond donors (Lipinski definition) is 2. The van der Waals surface area contributed by atoms with Crippen molar-refractivity contribution in [1.29, 1.82) is 0 Å².